The summed E-state index contributed by atoms with van der Waals surface area (Å²) in [7, 11) is 1.51. The van der Waals surface area contributed by atoms with Crippen molar-refractivity contribution in [2.45, 2.75) is 6.92 Å². The van der Waals surface area contributed by atoms with E-state index >= 15 is 0 Å². The van der Waals surface area contributed by atoms with E-state index in [0.29, 0.717) is 33.4 Å². The molecule has 4 rings (SSSR count). The zero-order valence-electron chi connectivity index (χ0n) is 16.2. The van der Waals surface area contributed by atoms with Crippen LogP contribution in [0.3, 0.4) is 0 Å². The molecule has 2 aromatic heterocycles. The Hall–Kier alpha value is -3.36. The molecule has 152 valence electrons. The fourth-order valence-electron chi connectivity index (χ4n) is 3.30. The largest absolute Gasteiger partial charge is 0.345 e. The van der Waals surface area contributed by atoms with E-state index in [2.05, 4.69) is 9.97 Å². The lowest BCUT2D eigenvalue weighted by Gasteiger charge is -2.14. The van der Waals surface area contributed by atoms with Crippen molar-refractivity contribution in [2.75, 3.05) is 11.4 Å². The van der Waals surface area contributed by atoms with Crippen molar-refractivity contribution in [1.29, 1.82) is 0 Å². The third kappa shape index (κ3) is 3.62. The Labute approximate surface area is 174 Å². The van der Waals surface area contributed by atoms with Crippen molar-refractivity contribution in [1.82, 2.24) is 9.97 Å². The van der Waals surface area contributed by atoms with Crippen molar-refractivity contribution in [3.8, 4) is 11.1 Å². The lowest BCUT2D eigenvalue weighted by molar-refractivity contribution is 0.103. The van der Waals surface area contributed by atoms with Crippen LogP contribution in [0, 0.1) is 12.7 Å². The highest BCUT2D eigenvalue weighted by molar-refractivity contribution is 7.80. The van der Waals surface area contributed by atoms with E-state index < -0.39 is 17.1 Å². The lowest BCUT2D eigenvalue weighted by Crippen LogP contribution is -2.18. The van der Waals surface area contributed by atoms with Crippen molar-refractivity contribution >= 4 is 33.8 Å². The van der Waals surface area contributed by atoms with Crippen LogP contribution in [0.2, 0.25) is 0 Å². The number of nitrogens with one attached hydrogen (secondary N) is 1. The summed E-state index contributed by atoms with van der Waals surface area (Å²) in [4.78, 5) is 20.5. The van der Waals surface area contributed by atoms with Crippen LogP contribution < -0.4 is 4.31 Å². The number of anilines is 1. The summed E-state index contributed by atoms with van der Waals surface area (Å²) in [6.45, 7) is 1.76. The van der Waals surface area contributed by atoms with Crippen LogP contribution in [-0.4, -0.2) is 31.6 Å². The van der Waals surface area contributed by atoms with Crippen LogP contribution >= 0.6 is 0 Å². The fraction of sp³-hybridized carbons (Fsp3) is 0.0909. The quantitative estimate of drug-likeness (QED) is 0.366. The predicted octanol–water partition coefficient (Wildman–Crippen LogP) is 4.48. The highest BCUT2D eigenvalue weighted by Gasteiger charge is 2.18. The Bertz CT molecular complexity index is 1300. The van der Waals surface area contributed by atoms with Crippen LogP contribution in [-0.2, 0) is 11.3 Å². The van der Waals surface area contributed by atoms with Gasteiger partial charge in [-0.25, -0.2) is 13.6 Å². The minimum atomic E-state index is -2.14. The van der Waals surface area contributed by atoms with Crippen molar-refractivity contribution in [2.24, 2.45) is 0 Å². The molecule has 0 aliphatic heterocycles. The van der Waals surface area contributed by atoms with Gasteiger partial charge < -0.3 is 4.98 Å². The minimum Gasteiger partial charge on any atom is -0.345 e. The van der Waals surface area contributed by atoms with Gasteiger partial charge in [-0.2, -0.15) is 0 Å². The lowest BCUT2D eigenvalue weighted by atomic mass is 9.98. The van der Waals surface area contributed by atoms with Gasteiger partial charge in [0.1, 0.15) is 11.5 Å². The zero-order valence-corrected chi connectivity index (χ0v) is 17.0. The number of ketones is 1. The van der Waals surface area contributed by atoms with E-state index in [1.165, 1.54) is 23.5 Å². The van der Waals surface area contributed by atoms with E-state index in [9.17, 15) is 17.9 Å². The van der Waals surface area contributed by atoms with Gasteiger partial charge in [0.2, 0.25) is 0 Å². The first-order valence-corrected chi connectivity index (χ1v) is 10.1. The summed E-state index contributed by atoms with van der Waals surface area (Å²) >= 11 is -2.14. The SMILES string of the molecule is Cc1ccc(F)cc1C(=O)c1c[nH]c2ncc(-c3cccc(N(C)S(=O)O)c3)cc12. The third-order valence-electron chi connectivity index (χ3n) is 5.00. The highest BCUT2D eigenvalue weighted by atomic mass is 32.2. The maximum atomic E-state index is 13.7. The number of hydrogen-bond donors (Lipinski definition) is 2. The molecule has 0 radical (unpaired) electrons. The highest BCUT2D eigenvalue weighted by Crippen LogP contribution is 2.29. The number of H-pyrrole nitrogens is 1. The van der Waals surface area contributed by atoms with E-state index in [4.69, 9.17) is 0 Å². The number of aromatic amines is 1. The molecule has 8 heteroatoms. The molecule has 2 N–H and O–H groups in total. The second-order valence-corrected chi connectivity index (χ2v) is 7.90. The van der Waals surface area contributed by atoms with Gasteiger partial charge in [-0.1, -0.05) is 18.2 Å². The van der Waals surface area contributed by atoms with Crippen molar-refractivity contribution < 1.29 is 17.9 Å². The van der Waals surface area contributed by atoms with Crippen LogP contribution in [0.4, 0.5) is 10.1 Å². The van der Waals surface area contributed by atoms with Gasteiger partial charge >= 0.3 is 0 Å². The zero-order chi connectivity index (χ0) is 21.4. The fourth-order valence-corrected chi connectivity index (χ4v) is 3.60. The standard InChI is InChI=1S/C22H18FN3O3S/c1-13-6-7-16(23)10-18(13)21(27)20-12-25-22-19(20)9-15(11-24-22)14-4-3-5-17(8-14)26(2)30(28)29/h3-12H,1-2H3,(H,24,25)(H,28,29). The maximum absolute atomic E-state index is 13.7. The van der Waals surface area contributed by atoms with Gasteiger partial charge in [-0.3, -0.25) is 13.7 Å². The molecule has 0 aliphatic rings. The molecule has 0 fully saturated rings. The Morgan fingerprint density at radius 3 is 2.70 bits per heavy atom. The number of carbonyl (C=O) groups is 1. The molecule has 2 heterocycles. The van der Waals surface area contributed by atoms with E-state index in [1.54, 1.807) is 43.6 Å². The minimum absolute atomic E-state index is 0.290. The Balaban J connectivity index is 1.79. The predicted molar refractivity (Wildman–Crippen MR) is 115 cm³/mol. The molecule has 2 aromatic carbocycles. The van der Waals surface area contributed by atoms with E-state index in [0.717, 1.165) is 11.1 Å². The van der Waals surface area contributed by atoms with Gasteiger partial charge in [0.15, 0.2) is 5.78 Å². The topological polar surface area (TPSA) is 86.3 Å². The first-order valence-electron chi connectivity index (χ1n) is 9.08. The molecular weight excluding hydrogens is 405 g/mol. The van der Waals surface area contributed by atoms with Gasteiger partial charge in [0.25, 0.3) is 11.3 Å². The molecule has 0 spiro atoms. The Kier molecular flexibility index (Phi) is 5.19. The molecule has 30 heavy (non-hydrogen) atoms. The van der Waals surface area contributed by atoms with Gasteiger partial charge in [0, 0.05) is 41.5 Å². The molecular formula is C22H18FN3O3S. The molecule has 0 saturated heterocycles. The number of hydrogen-bond acceptors (Lipinski definition) is 3. The first kappa shape index (κ1) is 19.9. The molecule has 1 atom stereocenters. The van der Waals surface area contributed by atoms with Crippen LogP contribution in [0.25, 0.3) is 22.2 Å². The van der Waals surface area contributed by atoms with E-state index in [-0.39, 0.29) is 5.78 Å². The first-order chi connectivity index (χ1) is 14.3. The van der Waals surface area contributed by atoms with Gasteiger partial charge in [-0.05, 0) is 48.4 Å². The smallest absolute Gasteiger partial charge is 0.261 e. The molecule has 0 bridgehead atoms. The summed E-state index contributed by atoms with van der Waals surface area (Å²) in [5.74, 6) is -0.758. The van der Waals surface area contributed by atoms with Crippen LogP contribution in [0.15, 0.2) is 60.9 Å². The van der Waals surface area contributed by atoms with Gasteiger partial charge in [-0.15, -0.1) is 0 Å². The number of halogens is 1. The average Bonchev–Trinajstić information content (AvgIpc) is 3.17. The van der Waals surface area contributed by atoms with E-state index in [1.807, 2.05) is 12.1 Å². The van der Waals surface area contributed by atoms with Crippen LogP contribution in [0.1, 0.15) is 21.5 Å². The molecule has 0 saturated carbocycles. The normalized spacial score (nSPS) is 12.1. The second-order valence-electron chi connectivity index (χ2n) is 6.89. The average molecular weight is 423 g/mol. The summed E-state index contributed by atoms with van der Waals surface area (Å²) in [5, 5.41) is 0.616. The number of carbonyl (C=O) groups excluding carboxylic acids is 1. The number of pyridine rings is 1. The number of rotatable bonds is 5. The van der Waals surface area contributed by atoms with Crippen LogP contribution in [0.5, 0.6) is 0 Å². The number of aromatic nitrogens is 2. The number of aryl methyl sites for hydroxylation is 1. The summed E-state index contributed by atoms with van der Waals surface area (Å²) in [6.07, 6.45) is 3.24. The summed E-state index contributed by atoms with van der Waals surface area (Å²) in [6, 6.07) is 13.1. The number of benzene rings is 2. The molecule has 6 nitrogen and oxygen atoms in total. The second kappa shape index (κ2) is 7.81. The van der Waals surface area contributed by atoms with Gasteiger partial charge in [0.05, 0.1) is 5.69 Å². The molecule has 0 amide bonds. The monoisotopic (exact) mass is 423 g/mol. The number of nitrogens with zero attached hydrogens (tertiary/aromatic N) is 2. The number of fused-ring (bicyclic) bond motifs is 1. The summed E-state index contributed by atoms with van der Waals surface area (Å²) < 4.78 is 35.6. The third-order valence-corrected chi connectivity index (χ3v) is 5.68. The Morgan fingerprint density at radius 1 is 1.13 bits per heavy atom. The molecule has 1 unspecified atom stereocenters. The van der Waals surface area contributed by atoms with Crippen molar-refractivity contribution in [3.05, 3.63) is 83.4 Å². The molecule has 0 aliphatic carbocycles. The van der Waals surface area contributed by atoms with Crippen molar-refractivity contribution in [3.63, 3.8) is 0 Å². The maximum Gasteiger partial charge on any atom is 0.261 e. The molecule has 4 aromatic rings. The summed E-state index contributed by atoms with van der Waals surface area (Å²) in [5.41, 5.74) is 4.02. The Morgan fingerprint density at radius 2 is 1.93 bits per heavy atom.